The lowest BCUT2D eigenvalue weighted by Gasteiger charge is -2.12. The largest absolute Gasteiger partial charge is 0.350 e. The maximum atomic E-state index is 14.8. The molecule has 0 aliphatic rings. The molecule has 32 heavy (non-hydrogen) atoms. The third kappa shape index (κ3) is 4.41. The van der Waals surface area contributed by atoms with Crippen LogP contribution in [0.4, 0.5) is 14.7 Å². The third-order valence-electron chi connectivity index (χ3n) is 4.79. The predicted octanol–water partition coefficient (Wildman–Crippen LogP) is 5.34. The Labute approximate surface area is 188 Å². The second-order valence-corrected chi connectivity index (χ2v) is 7.37. The SMILES string of the molecule is C#CCC(=O)Nn1c(NCc2ccc(-c3cc(F)ccc3Cl)cc2F)nc2ccccc21. The second-order valence-electron chi connectivity index (χ2n) is 6.96. The second kappa shape index (κ2) is 9.08. The number of benzene rings is 3. The number of hydrogen-bond acceptors (Lipinski definition) is 3. The van der Waals surface area contributed by atoms with E-state index in [-0.39, 0.29) is 18.9 Å². The van der Waals surface area contributed by atoms with Gasteiger partial charge < -0.3 is 5.32 Å². The van der Waals surface area contributed by atoms with Gasteiger partial charge in [0.25, 0.3) is 5.91 Å². The van der Waals surface area contributed by atoms with Crippen LogP contribution in [0.2, 0.25) is 5.02 Å². The van der Waals surface area contributed by atoms with Crippen LogP contribution >= 0.6 is 11.6 Å². The predicted molar refractivity (Wildman–Crippen MR) is 122 cm³/mol. The lowest BCUT2D eigenvalue weighted by molar-refractivity contribution is -0.116. The summed E-state index contributed by atoms with van der Waals surface area (Å²) >= 11 is 6.12. The van der Waals surface area contributed by atoms with Crippen LogP contribution in [0.15, 0.2) is 60.7 Å². The summed E-state index contributed by atoms with van der Waals surface area (Å²) in [5.74, 6) is 1.29. The van der Waals surface area contributed by atoms with Crippen molar-refractivity contribution in [1.82, 2.24) is 9.66 Å². The Morgan fingerprint density at radius 3 is 2.72 bits per heavy atom. The fourth-order valence-electron chi connectivity index (χ4n) is 3.27. The first-order valence-electron chi connectivity index (χ1n) is 9.65. The zero-order valence-electron chi connectivity index (χ0n) is 16.7. The van der Waals surface area contributed by atoms with E-state index in [1.807, 2.05) is 12.1 Å². The summed E-state index contributed by atoms with van der Waals surface area (Å²) in [6.45, 7) is 0.0946. The number of hydrogen-bond donors (Lipinski definition) is 2. The number of imidazole rings is 1. The Balaban J connectivity index is 1.59. The number of nitrogens with zero attached hydrogens (tertiary/aromatic N) is 2. The monoisotopic (exact) mass is 450 g/mol. The van der Waals surface area contributed by atoms with Gasteiger partial charge in [0, 0.05) is 22.7 Å². The zero-order valence-corrected chi connectivity index (χ0v) is 17.5. The van der Waals surface area contributed by atoms with Crippen LogP contribution in [0, 0.1) is 24.0 Å². The minimum Gasteiger partial charge on any atom is -0.350 e. The van der Waals surface area contributed by atoms with Crippen molar-refractivity contribution in [3.63, 3.8) is 0 Å². The number of para-hydroxylation sites is 2. The molecule has 0 saturated carbocycles. The summed E-state index contributed by atoms with van der Waals surface area (Å²) in [5.41, 5.74) is 5.23. The van der Waals surface area contributed by atoms with Crippen LogP contribution in [-0.2, 0) is 11.3 Å². The number of amides is 1. The van der Waals surface area contributed by atoms with Crippen molar-refractivity contribution in [3.8, 4) is 23.5 Å². The fraction of sp³-hybridized carbons (Fsp3) is 0.0833. The first kappa shape index (κ1) is 21.3. The lowest BCUT2D eigenvalue weighted by Crippen LogP contribution is -2.24. The number of rotatable bonds is 6. The molecule has 0 aliphatic carbocycles. The van der Waals surface area contributed by atoms with Gasteiger partial charge in [-0.3, -0.25) is 10.2 Å². The van der Waals surface area contributed by atoms with Crippen LogP contribution in [-0.4, -0.2) is 15.6 Å². The number of terminal acetylenes is 1. The Kier molecular flexibility index (Phi) is 6.06. The average molecular weight is 451 g/mol. The van der Waals surface area contributed by atoms with Crippen molar-refractivity contribution in [3.05, 3.63) is 82.9 Å². The topological polar surface area (TPSA) is 59.0 Å². The molecule has 0 saturated heterocycles. The van der Waals surface area contributed by atoms with E-state index in [1.54, 1.807) is 24.3 Å². The van der Waals surface area contributed by atoms with Crippen molar-refractivity contribution in [2.45, 2.75) is 13.0 Å². The molecule has 1 heterocycles. The van der Waals surface area contributed by atoms with Gasteiger partial charge in [-0.15, -0.1) is 6.42 Å². The van der Waals surface area contributed by atoms with Crippen molar-refractivity contribution in [2.75, 3.05) is 10.7 Å². The number of fused-ring (bicyclic) bond motifs is 1. The molecule has 0 unspecified atom stereocenters. The maximum Gasteiger partial charge on any atom is 0.250 e. The molecule has 1 amide bonds. The van der Waals surface area contributed by atoms with E-state index in [1.165, 1.54) is 28.9 Å². The van der Waals surface area contributed by atoms with Crippen LogP contribution < -0.4 is 10.7 Å². The molecule has 0 radical (unpaired) electrons. The standard InChI is InChI=1S/C24H17ClF2N4O/c1-2-5-23(32)30-31-22-7-4-3-6-21(22)29-24(31)28-14-16-9-8-15(12-20(16)27)18-13-17(26)10-11-19(18)25/h1,3-4,6-13H,5,14H2,(H,28,29)(H,30,32). The number of aromatic nitrogens is 2. The number of carbonyl (C=O) groups excluding carboxylic acids is 1. The fourth-order valence-corrected chi connectivity index (χ4v) is 3.49. The molecule has 5 nitrogen and oxygen atoms in total. The molecule has 0 fully saturated rings. The highest BCUT2D eigenvalue weighted by Crippen LogP contribution is 2.30. The summed E-state index contributed by atoms with van der Waals surface area (Å²) in [4.78, 5) is 16.5. The van der Waals surface area contributed by atoms with Gasteiger partial charge in [-0.2, -0.15) is 0 Å². The van der Waals surface area contributed by atoms with Crippen LogP contribution in [0.3, 0.4) is 0 Å². The van der Waals surface area contributed by atoms with E-state index in [0.717, 1.165) is 0 Å². The Morgan fingerprint density at radius 2 is 1.94 bits per heavy atom. The molecule has 2 N–H and O–H groups in total. The molecule has 1 aromatic heterocycles. The van der Waals surface area contributed by atoms with Gasteiger partial charge in [0.05, 0.1) is 17.5 Å². The van der Waals surface area contributed by atoms with E-state index >= 15 is 0 Å². The normalized spacial score (nSPS) is 10.7. The van der Waals surface area contributed by atoms with E-state index < -0.39 is 11.6 Å². The van der Waals surface area contributed by atoms with Crippen molar-refractivity contribution < 1.29 is 13.6 Å². The van der Waals surface area contributed by atoms with Crippen LogP contribution in [0.5, 0.6) is 0 Å². The molecule has 0 aliphatic heterocycles. The van der Waals surface area contributed by atoms with E-state index in [9.17, 15) is 13.6 Å². The van der Waals surface area contributed by atoms with E-state index in [4.69, 9.17) is 18.0 Å². The smallest absolute Gasteiger partial charge is 0.250 e. The summed E-state index contributed by atoms with van der Waals surface area (Å²) in [6, 6.07) is 15.7. The van der Waals surface area contributed by atoms with Gasteiger partial charge in [0.2, 0.25) is 5.95 Å². The molecule has 0 atom stereocenters. The molecule has 0 bridgehead atoms. The molecular weight excluding hydrogens is 434 g/mol. The lowest BCUT2D eigenvalue weighted by atomic mass is 10.0. The van der Waals surface area contributed by atoms with Gasteiger partial charge in [-0.1, -0.05) is 41.8 Å². The summed E-state index contributed by atoms with van der Waals surface area (Å²) < 4.78 is 29.8. The number of halogens is 3. The molecule has 160 valence electrons. The Bertz CT molecular complexity index is 1360. The van der Waals surface area contributed by atoms with Gasteiger partial charge in [-0.25, -0.2) is 18.4 Å². The number of anilines is 1. The summed E-state index contributed by atoms with van der Waals surface area (Å²) in [6.07, 6.45) is 5.12. The molecule has 4 aromatic rings. The molecule has 4 rings (SSSR count). The highest BCUT2D eigenvalue weighted by molar-refractivity contribution is 6.33. The van der Waals surface area contributed by atoms with Gasteiger partial charge in [0.1, 0.15) is 11.6 Å². The van der Waals surface area contributed by atoms with Crippen LogP contribution in [0.25, 0.3) is 22.2 Å². The van der Waals surface area contributed by atoms with E-state index in [0.29, 0.717) is 38.7 Å². The maximum absolute atomic E-state index is 14.8. The van der Waals surface area contributed by atoms with Crippen molar-refractivity contribution in [2.24, 2.45) is 0 Å². The first-order valence-corrected chi connectivity index (χ1v) is 10.0. The summed E-state index contributed by atoms with van der Waals surface area (Å²) in [7, 11) is 0. The number of carbonyl (C=O) groups is 1. The minimum atomic E-state index is -0.491. The average Bonchev–Trinajstić information content (AvgIpc) is 3.12. The van der Waals surface area contributed by atoms with Crippen molar-refractivity contribution >= 4 is 34.5 Å². The highest BCUT2D eigenvalue weighted by atomic mass is 35.5. The van der Waals surface area contributed by atoms with Crippen LogP contribution in [0.1, 0.15) is 12.0 Å². The van der Waals surface area contributed by atoms with Gasteiger partial charge >= 0.3 is 0 Å². The quantitative estimate of drug-likeness (QED) is 0.390. The minimum absolute atomic E-state index is 0.0926. The zero-order chi connectivity index (χ0) is 22.7. The third-order valence-corrected chi connectivity index (χ3v) is 5.12. The highest BCUT2D eigenvalue weighted by Gasteiger charge is 2.14. The Morgan fingerprint density at radius 1 is 1.12 bits per heavy atom. The van der Waals surface area contributed by atoms with Gasteiger partial charge in [-0.05, 0) is 42.0 Å². The molecule has 8 heteroatoms. The van der Waals surface area contributed by atoms with Crippen molar-refractivity contribution in [1.29, 1.82) is 0 Å². The number of nitrogens with one attached hydrogen (secondary N) is 2. The first-order chi connectivity index (χ1) is 15.5. The van der Waals surface area contributed by atoms with Gasteiger partial charge in [0.15, 0.2) is 0 Å². The molecule has 0 spiro atoms. The van der Waals surface area contributed by atoms with E-state index in [2.05, 4.69) is 21.6 Å². The summed E-state index contributed by atoms with van der Waals surface area (Å²) in [5, 5.41) is 3.37. The molecular formula is C24H17ClF2N4O. The molecule has 3 aromatic carbocycles. The Hall–Kier alpha value is -3.89.